The molecule has 0 saturated carbocycles. The molecule has 0 spiro atoms. The first kappa shape index (κ1) is 15.7. The number of fused-ring (bicyclic) bond motifs is 1. The van der Waals surface area contributed by atoms with Gasteiger partial charge in [-0.1, -0.05) is 30.3 Å². The molecule has 0 fully saturated rings. The second-order valence-corrected chi connectivity index (χ2v) is 6.44. The number of benzene rings is 1. The molecule has 0 saturated heterocycles. The molecule has 2 heterocycles. The molecule has 1 aromatic carbocycles. The summed E-state index contributed by atoms with van der Waals surface area (Å²) in [5.41, 5.74) is 3.81. The number of amides is 1. The molecule has 128 valence electrons. The maximum Gasteiger partial charge on any atom is 0.270 e. The number of nitrogens with zero attached hydrogens (tertiary/aromatic N) is 2. The second-order valence-electron chi connectivity index (χ2n) is 6.44. The summed E-state index contributed by atoms with van der Waals surface area (Å²) < 4.78 is 7.29. The van der Waals surface area contributed by atoms with Crippen molar-refractivity contribution in [3.8, 4) is 0 Å². The lowest BCUT2D eigenvalue weighted by atomic mass is 9.95. The van der Waals surface area contributed by atoms with Gasteiger partial charge in [0.1, 0.15) is 17.5 Å². The summed E-state index contributed by atoms with van der Waals surface area (Å²) in [6.45, 7) is 0. The van der Waals surface area contributed by atoms with Crippen LogP contribution in [0.15, 0.2) is 53.1 Å². The third-order valence-corrected chi connectivity index (χ3v) is 4.77. The molecule has 0 aliphatic heterocycles. The molecule has 5 nitrogen and oxygen atoms in total. The Morgan fingerprint density at radius 1 is 1.16 bits per heavy atom. The summed E-state index contributed by atoms with van der Waals surface area (Å²) in [7, 11) is 1.84. The van der Waals surface area contributed by atoms with E-state index >= 15 is 0 Å². The van der Waals surface area contributed by atoms with E-state index < -0.39 is 0 Å². The van der Waals surface area contributed by atoms with Gasteiger partial charge in [-0.3, -0.25) is 9.48 Å². The Balaban J connectivity index is 1.67. The van der Waals surface area contributed by atoms with Crippen LogP contribution in [0, 0.1) is 0 Å². The lowest BCUT2D eigenvalue weighted by molar-refractivity contribution is 0.0928. The Labute approximate surface area is 146 Å². The fourth-order valence-electron chi connectivity index (χ4n) is 3.58. The SMILES string of the molecule is Cn1nc2c(c1C(=O)NC(c1ccccc1)c1ccco1)CCCC2. The Bertz CT molecular complexity index is 866. The van der Waals surface area contributed by atoms with Crippen molar-refractivity contribution in [3.63, 3.8) is 0 Å². The topological polar surface area (TPSA) is 60.1 Å². The Morgan fingerprint density at radius 3 is 2.72 bits per heavy atom. The lowest BCUT2D eigenvalue weighted by Gasteiger charge is -2.18. The molecule has 0 bridgehead atoms. The van der Waals surface area contributed by atoms with Gasteiger partial charge in [-0.15, -0.1) is 0 Å². The molecule has 4 rings (SSSR count). The maximum atomic E-state index is 13.1. The smallest absolute Gasteiger partial charge is 0.270 e. The zero-order valence-corrected chi connectivity index (χ0v) is 14.2. The zero-order valence-electron chi connectivity index (χ0n) is 14.2. The van der Waals surface area contributed by atoms with E-state index in [4.69, 9.17) is 4.42 Å². The predicted molar refractivity (Wildman–Crippen MR) is 94.3 cm³/mol. The van der Waals surface area contributed by atoms with Crippen molar-refractivity contribution in [3.05, 3.63) is 77.0 Å². The van der Waals surface area contributed by atoms with E-state index in [2.05, 4.69) is 10.4 Å². The largest absolute Gasteiger partial charge is 0.467 e. The predicted octanol–water partition coefficient (Wildman–Crippen LogP) is 3.41. The number of nitrogens with one attached hydrogen (secondary N) is 1. The van der Waals surface area contributed by atoms with Crippen molar-refractivity contribution < 1.29 is 9.21 Å². The number of aryl methyl sites for hydroxylation is 2. The summed E-state index contributed by atoms with van der Waals surface area (Å²) in [6, 6.07) is 13.3. The minimum Gasteiger partial charge on any atom is -0.467 e. The third-order valence-electron chi connectivity index (χ3n) is 4.77. The van der Waals surface area contributed by atoms with E-state index in [-0.39, 0.29) is 11.9 Å². The molecule has 25 heavy (non-hydrogen) atoms. The van der Waals surface area contributed by atoms with Crippen molar-refractivity contribution in [1.29, 1.82) is 0 Å². The van der Waals surface area contributed by atoms with E-state index in [0.29, 0.717) is 5.69 Å². The summed E-state index contributed by atoms with van der Waals surface area (Å²) >= 11 is 0. The highest BCUT2D eigenvalue weighted by molar-refractivity contribution is 5.94. The second kappa shape index (κ2) is 6.59. The van der Waals surface area contributed by atoms with Gasteiger partial charge in [-0.25, -0.2) is 0 Å². The highest BCUT2D eigenvalue weighted by Crippen LogP contribution is 2.26. The molecule has 1 aliphatic carbocycles. The summed E-state index contributed by atoms with van der Waals surface area (Å²) in [4.78, 5) is 13.1. The van der Waals surface area contributed by atoms with Gasteiger partial charge in [0, 0.05) is 12.6 Å². The van der Waals surface area contributed by atoms with Crippen LogP contribution in [0.4, 0.5) is 0 Å². The molecule has 3 aromatic rings. The van der Waals surface area contributed by atoms with Crippen LogP contribution in [-0.2, 0) is 19.9 Å². The van der Waals surface area contributed by atoms with Crippen LogP contribution in [0.5, 0.6) is 0 Å². The Morgan fingerprint density at radius 2 is 1.96 bits per heavy atom. The number of hydrogen-bond acceptors (Lipinski definition) is 3. The third kappa shape index (κ3) is 2.97. The number of carbonyl (C=O) groups excluding carboxylic acids is 1. The van der Waals surface area contributed by atoms with E-state index in [1.165, 1.54) is 0 Å². The Hall–Kier alpha value is -2.82. The van der Waals surface area contributed by atoms with Gasteiger partial charge in [-0.05, 0) is 43.4 Å². The van der Waals surface area contributed by atoms with Gasteiger partial charge in [0.25, 0.3) is 5.91 Å². The molecule has 5 heteroatoms. The van der Waals surface area contributed by atoms with Crippen LogP contribution in [0.3, 0.4) is 0 Å². The first-order valence-electron chi connectivity index (χ1n) is 8.68. The molecule has 1 atom stereocenters. The summed E-state index contributed by atoms with van der Waals surface area (Å²) in [5.74, 6) is 0.610. The molecular weight excluding hydrogens is 314 g/mol. The van der Waals surface area contributed by atoms with Gasteiger partial charge >= 0.3 is 0 Å². The standard InChI is InChI=1S/C20H21N3O2/c1-23-19(15-10-5-6-11-16(15)22-23)20(24)21-18(17-12-7-13-25-17)14-8-3-2-4-9-14/h2-4,7-9,12-13,18H,5-6,10-11H2,1H3,(H,21,24). The first-order chi connectivity index (χ1) is 12.2. The van der Waals surface area contributed by atoms with Gasteiger partial charge in [0.05, 0.1) is 12.0 Å². The van der Waals surface area contributed by atoms with Gasteiger partial charge in [0.2, 0.25) is 0 Å². The number of aromatic nitrogens is 2. The fraction of sp³-hybridized carbons (Fsp3) is 0.300. The van der Waals surface area contributed by atoms with Crippen LogP contribution >= 0.6 is 0 Å². The molecule has 1 unspecified atom stereocenters. The van der Waals surface area contributed by atoms with Crippen LogP contribution in [0.25, 0.3) is 0 Å². The van der Waals surface area contributed by atoms with E-state index in [0.717, 1.165) is 48.3 Å². The van der Waals surface area contributed by atoms with E-state index in [1.807, 2.05) is 49.5 Å². The van der Waals surface area contributed by atoms with E-state index in [1.54, 1.807) is 10.9 Å². The quantitative estimate of drug-likeness (QED) is 0.795. The monoisotopic (exact) mass is 335 g/mol. The summed E-state index contributed by atoms with van der Waals surface area (Å²) in [5, 5.41) is 7.68. The van der Waals surface area contributed by atoms with Crippen molar-refractivity contribution in [2.45, 2.75) is 31.7 Å². The lowest BCUT2D eigenvalue weighted by Crippen LogP contribution is -2.31. The van der Waals surface area contributed by atoms with Crippen LogP contribution in [0.1, 0.15) is 52.0 Å². The number of hydrogen-bond donors (Lipinski definition) is 1. The molecule has 1 N–H and O–H groups in total. The molecule has 2 aromatic heterocycles. The number of furan rings is 1. The van der Waals surface area contributed by atoms with Gasteiger partial charge in [0.15, 0.2) is 0 Å². The highest BCUT2D eigenvalue weighted by Gasteiger charge is 2.27. The van der Waals surface area contributed by atoms with Gasteiger partial charge < -0.3 is 9.73 Å². The van der Waals surface area contributed by atoms with Gasteiger partial charge in [-0.2, -0.15) is 5.10 Å². The Kier molecular flexibility index (Phi) is 4.14. The van der Waals surface area contributed by atoms with Crippen LogP contribution < -0.4 is 5.32 Å². The average molecular weight is 335 g/mol. The highest BCUT2D eigenvalue weighted by atomic mass is 16.3. The molecule has 0 radical (unpaired) electrons. The van der Waals surface area contributed by atoms with Crippen molar-refractivity contribution >= 4 is 5.91 Å². The first-order valence-corrected chi connectivity index (χ1v) is 8.68. The molecular formula is C20H21N3O2. The molecule has 1 amide bonds. The minimum atomic E-state index is -0.321. The number of rotatable bonds is 4. The van der Waals surface area contributed by atoms with E-state index in [9.17, 15) is 4.79 Å². The molecule has 1 aliphatic rings. The minimum absolute atomic E-state index is 0.108. The average Bonchev–Trinajstić information content (AvgIpc) is 3.27. The van der Waals surface area contributed by atoms with Crippen molar-refractivity contribution in [1.82, 2.24) is 15.1 Å². The normalized spacial score (nSPS) is 14.8. The number of carbonyl (C=O) groups is 1. The fourth-order valence-corrected chi connectivity index (χ4v) is 3.58. The summed E-state index contributed by atoms with van der Waals surface area (Å²) in [6.07, 6.45) is 5.76. The maximum absolute atomic E-state index is 13.1. The van der Waals surface area contributed by atoms with Crippen molar-refractivity contribution in [2.24, 2.45) is 7.05 Å². The zero-order chi connectivity index (χ0) is 17.2. The van der Waals surface area contributed by atoms with Crippen LogP contribution in [-0.4, -0.2) is 15.7 Å². The van der Waals surface area contributed by atoms with Crippen LogP contribution in [0.2, 0.25) is 0 Å². The van der Waals surface area contributed by atoms with Crippen molar-refractivity contribution in [2.75, 3.05) is 0 Å².